The summed E-state index contributed by atoms with van der Waals surface area (Å²) in [5.41, 5.74) is 1.11. The quantitative estimate of drug-likeness (QED) is 0.731. The van der Waals surface area contributed by atoms with E-state index in [0.717, 1.165) is 25.7 Å². The summed E-state index contributed by atoms with van der Waals surface area (Å²) in [6.45, 7) is 1.86. The highest BCUT2D eigenvalue weighted by Gasteiger charge is 2.26. The fraction of sp³-hybridized carbons (Fsp3) is 0.600. The zero-order chi connectivity index (χ0) is 18.4. The highest BCUT2D eigenvalue weighted by Crippen LogP contribution is 2.28. The normalized spacial score (nSPS) is 18.3. The molecule has 2 aliphatic rings. The second-order valence-electron chi connectivity index (χ2n) is 7.05. The van der Waals surface area contributed by atoms with Gasteiger partial charge in [-0.05, 0) is 43.9 Å². The second-order valence-corrected chi connectivity index (χ2v) is 7.49. The number of ether oxygens (including phenoxy) is 1. The first kappa shape index (κ1) is 19.2. The van der Waals surface area contributed by atoms with E-state index in [1.807, 2.05) is 0 Å². The Morgan fingerprint density at radius 3 is 2.77 bits per heavy atom. The van der Waals surface area contributed by atoms with Crippen LogP contribution in [0.25, 0.3) is 0 Å². The van der Waals surface area contributed by atoms with E-state index in [0.29, 0.717) is 48.5 Å². The van der Waals surface area contributed by atoms with Crippen molar-refractivity contribution in [3.8, 4) is 0 Å². The van der Waals surface area contributed by atoms with Crippen molar-refractivity contribution in [2.24, 2.45) is 0 Å². The molecule has 1 aromatic rings. The third-order valence-electron chi connectivity index (χ3n) is 5.08. The molecule has 5 nitrogen and oxygen atoms in total. The molecule has 1 aromatic carbocycles. The highest BCUT2D eigenvalue weighted by atomic mass is 35.5. The summed E-state index contributed by atoms with van der Waals surface area (Å²) in [6, 6.07) is 5.08. The molecule has 2 fully saturated rings. The first-order chi connectivity index (χ1) is 12.6. The number of hydrogen-bond donors (Lipinski definition) is 1. The van der Waals surface area contributed by atoms with Crippen LogP contribution >= 0.6 is 11.6 Å². The number of carbonyl (C=O) groups is 2. The van der Waals surface area contributed by atoms with Gasteiger partial charge in [-0.2, -0.15) is 0 Å². The molecule has 1 aliphatic carbocycles. The fourth-order valence-corrected chi connectivity index (χ4v) is 3.84. The maximum atomic E-state index is 12.6. The van der Waals surface area contributed by atoms with Gasteiger partial charge in [0.15, 0.2) is 0 Å². The van der Waals surface area contributed by atoms with Gasteiger partial charge in [0.2, 0.25) is 5.91 Å². The zero-order valence-electron chi connectivity index (χ0n) is 15.1. The van der Waals surface area contributed by atoms with Crippen molar-refractivity contribution >= 4 is 29.1 Å². The Kier molecular flexibility index (Phi) is 6.92. The molecular weight excluding hydrogens is 352 g/mol. The molecule has 0 aromatic heterocycles. The first-order valence-electron chi connectivity index (χ1n) is 9.65. The van der Waals surface area contributed by atoms with Crippen LogP contribution in [-0.4, -0.2) is 37.6 Å². The lowest BCUT2D eigenvalue weighted by molar-refractivity contribution is -0.117. The lowest BCUT2D eigenvalue weighted by Gasteiger charge is -2.22. The molecule has 3 rings (SSSR count). The van der Waals surface area contributed by atoms with Gasteiger partial charge in [0, 0.05) is 31.1 Å². The minimum atomic E-state index is -0.172. The van der Waals surface area contributed by atoms with Crippen molar-refractivity contribution in [2.75, 3.05) is 24.6 Å². The van der Waals surface area contributed by atoms with Crippen LogP contribution in [0.2, 0.25) is 5.02 Å². The molecule has 0 bridgehead atoms. The Balaban J connectivity index is 1.50. The van der Waals surface area contributed by atoms with Gasteiger partial charge in [-0.3, -0.25) is 9.59 Å². The Morgan fingerprint density at radius 2 is 2.04 bits per heavy atom. The summed E-state index contributed by atoms with van der Waals surface area (Å²) < 4.78 is 5.88. The van der Waals surface area contributed by atoms with Crippen LogP contribution in [0.15, 0.2) is 18.2 Å². The third kappa shape index (κ3) is 4.98. The summed E-state index contributed by atoms with van der Waals surface area (Å²) in [5, 5.41) is 3.46. The molecule has 0 unspecified atom stereocenters. The van der Waals surface area contributed by atoms with Gasteiger partial charge in [0.05, 0.1) is 17.4 Å². The molecule has 1 aliphatic heterocycles. The molecule has 1 saturated carbocycles. The minimum absolute atomic E-state index is 0.0437. The van der Waals surface area contributed by atoms with E-state index in [1.165, 1.54) is 19.3 Å². The lowest BCUT2D eigenvalue weighted by atomic mass is 9.98. The maximum Gasteiger partial charge on any atom is 0.253 e. The third-order valence-corrected chi connectivity index (χ3v) is 5.32. The maximum absolute atomic E-state index is 12.6. The van der Waals surface area contributed by atoms with Crippen molar-refractivity contribution in [3.05, 3.63) is 28.8 Å². The number of anilines is 1. The monoisotopic (exact) mass is 378 g/mol. The average molecular weight is 379 g/mol. The summed E-state index contributed by atoms with van der Waals surface area (Å²) in [4.78, 5) is 26.3. The smallest absolute Gasteiger partial charge is 0.253 e. The predicted molar refractivity (Wildman–Crippen MR) is 103 cm³/mol. The molecule has 26 heavy (non-hydrogen) atoms. The van der Waals surface area contributed by atoms with Crippen molar-refractivity contribution < 1.29 is 14.3 Å². The SMILES string of the molecule is O=C(NCCCOC1CCCCC1)c1ccc(Cl)cc1N1CCCC1=O. The van der Waals surface area contributed by atoms with E-state index in [-0.39, 0.29) is 11.8 Å². The molecule has 0 spiro atoms. The number of nitrogens with one attached hydrogen (secondary N) is 1. The van der Waals surface area contributed by atoms with Crippen LogP contribution in [0.5, 0.6) is 0 Å². The molecule has 1 saturated heterocycles. The van der Waals surface area contributed by atoms with Crippen LogP contribution in [0, 0.1) is 0 Å². The van der Waals surface area contributed by atoms with Gasteiger partial charge in [-0.1, -0.05) is 30.9 Å². The van der Waals surface area contributed by atoms with E-state index >= 15 is 0 Å². The minimum Gasteiger partial charge on any atom is -0.378 e. The first-order valence-corrected chi connectivity index (χ1v) is 10.0. The average Bonchev–Trinajstić information content (AvgIpc) is 3.08. The van der Waals surface area contributed by atoms with E-state index in [9.17, 15) is 9.59 Å². The summed E-state index contributed by atoms with van der Waals surface area (Å²) >= 11 is 6.08. The molecular formula is C20H27ClN2O3. The number of carbonyl (C=O) groups excluding carboxylic acids is 2. The summed E-state index contributed by atoms with van der Waals surface area (Å²) in [5.74, 6) is -0.128. The Bertz CT molecular complexity index is 644. The molecule has 0 radical (unpaired) electrons. The van der Waals surface area contributed by atoms with E-state index < -0.39 is 0 Å². The summed E-state index contributed by atoms with van der Waals surface area (Å²) in [7, 11) is 0. The van der Waals surface area contributed by atoms with Crippen LogP contribution in [-0.2, 0) is 9.53 Å². The standard InChI is InChI=1S/C20H27ClN2O3/c21-15-9-10-17(18(14-15)23-12-4-8-19(23)24)20(25)22-11-5-13-26-16-6-2-1-3-7-16/h9-10,14,16H,1-8,11-13H2,(H,22,25). The number of benzene rings is 1. The Morgan fingerprint density at radius 1 is 1.23 bits per heavy atom. The lowest BCUT2D eigenvalue weighted by Crippen LogP contribution is -2.30. The number of amides is 2. The molecule has 6 heteroatoms. The number of rotatable bonds is 7. The van der Waals surface area contributed by atoms with Gasteiger partial charge in [-0.15, -0.1) is 0 Å². The van der Waals surface area contributed by atoms with Crippen LogP contribution in [0.3, 0.4) is 0 Å². The highest BCUT2D eigenvalue weighted by molar-refractivity contribution is 6.31. The fourth-order valence-electron chi connectivity index (χ4n) is 3.67. The van der Waals surface area contributed by atoms with Gasteiger partial charge in [-0.25, -0.2) is 0 Å². The number of halogens is 1. The van der Waals surface area contributed by atoms with Gasteiger partial charge >= 0.3 is 0 Å². The van der Waals surface area contributed by atoms with E-state index in [1.54, 1.807) is 23.1 Å². The Hall–Kier alpha value is -1.59. The number of hydrogen-bond acceptors (Lipinski definition) is 3. The van der Waals surface area contributed by atoms with Crippen molar-refractivity contribution in [1.29, 1.82) is 0 Å². The topological polar surface area (TPSA) is 58.6 Å². The van der Waals surface area contributed by atoms with Crippen LogP contribution in [0.1, 0.15) is 61.7 Å². The molecule has 0 atom stereocenters. The molecule has 1 heterocycles. The molecule has 1 N–H and O–H groups in total. The molecule has 2 amide bonds. The predicted octanol–water partition coefficient (Wildman–Crippen LogP) is 3.94. The zero-order valence-corrected chi connectivity index (χ0v) is 15.9. The summed E-state index contributed by atoms with van der Waals surface area (Å²) in [6.07, 6.45) is 8.66. The van der Waals surface area contributed by atoms with Crippen molar-refractivity contribution in [2.45, 2.75) is 57.5 Å². The van der Waals surface area contributed by atoms with E-state index in [2.05, 4.69) is 5.32 Å². The second kappa shape index (κ2) is 9.38. The Labute approximate surface area is 160 Å². The van der Waals surface area contributed by atoms with Gasteiger partial charge in [0.1, 0.15) is 0 Å². The van der Waals surface area contributed by atoms with E-state index in [4.69, 9.17) is 16.3 Å². The molecule has 142 valence electrons. The van der Waals surface area contributed by atoms with Crippen molar-refractivity contribution in [3.63, 3.8) is 0 Å². The van der Waals surface area contributed by atoms with Gasteiger partial charge < -0.3 is 15.0 Å². The van der Waals surface area contributed by atoms with Crippen LogP contribution < -0.4 is 10.2 Å². The van der Waals surface area contributed by atoms with Crippen LogP contribution in [0.4, 0.5) is 5.69 Å². The van der Waals surface area contributed by atoms with Crippen molar-refractivity contribution in [1.82, 2.24) is 5.32 Å². The number of nitrogens with zero attached hydrogens (tertiary/aromatic N) is 1. The largest absolute Gasteiger partial charge is 0.378 e. The van der Waals surface area contributed by atoms with Gasteiger partial charge in [0.25, 0.3) is 5.91 Å².